The van der Waals surface area contributed by atoms with Gasteiger partial charge in [-0.3, -0.25) is 19.4 Å². The lowest BCUT2D eigenvalue weighted by atomic mass is 9.84. The minimum Gasteiger partial charge on any atom is -0.496 e. The largest absolute Gasteiger partial charge is 0.496 e. The van der Waals surface area contributed by atoms with Gasteiger partial charge >= 0.3 is 0 Å². The van der Waals surface area contributed by atoms with Crippen LogP contribution in [0.15, 0.2) is 41.4 Å². The molecule has 0 spiro atoms. The molecule has 8 heteroatoms. The van der Waals surface area contributed by atoms with Gasteiger partial charge in [-0.2, -0.15) is 0 Å². The Hall–Kier alpha value is -3.13. The lowest BCUT2D eigenvalue weighted by molar-refractivity contribution is -0.115. The van der Waals surface area contributed by atoms with Crippen LogP contribution in [0.4, 0.5) is 11.4 Å². The second-order valence-electron chi connectivity index (χ2n) is 8.79. The maximum atomic E-state index is 12.4. The number of amidine groups is 1. The highest BCUT2D eigenvalue weighted by Gasteiger charge is 2.28. The molecule has 0 saturated heterocycles. The van der Waals surface area contributed by atoms with Crippen molar-refractivity contribution in [1.82, 2.24) is 0 Å². The van der Waals surface area contributed by atoms with E-state index >= 15 is 0 Å². The number of aliphatic imine (C=N–C) groups is 1. The molecule has 0 unspecified atom stereocenters. The third kappa shape index (κ3) is 5.37. The number of carbonyl (C=O) groups is 1. The Kier molecular flexibility index (Phi) is 6.46. The van der Waals surface area contributed by atoms with E-state index in [1.807, 2.05) is 43.3 Å². The lowest BCUT2D eigenvalue weighted by Gasteiger charge is -2.27. The fourth-order valence-corrected chi connectivity index (χ4v) is 4.13. The van der Waals surface area contributed by atoms with E-state index in [0.29, 0.717) is 11.5 Å². The van der Waals surface area contributed by atoms with Crippen LogP contribution >= 0.6 is 0 Å². The second kappa shape index (κ2) is 8.78. The Labute approximate surface area is 189 Å². The van der Waals surface area contributed by atoms with Crippen molar-refractivity contribution >= 4 is 45.3 Å². The smallest absolute Gasteiger partial charge is 0.254 e. The molecule has 7 nitrogen and oxygen atoms in total. The number of ether oxygens (including phenoxy) is 1. The first-order valence-electron chi connectivity index (χ1n) is 10.2. The molecule has 0 fully saturated rings. The fourth-order valence-electron chi connectivity index (χ4n) is 3.57. The van der Waals surface area contributed by atoms with E-state index in [0.717, 1.165) is 34.4 Å². The maximum Gasteiger partial charge on any atom is 0.254 e. The number of rotatable bonds is 6. The number of methoxy groups -OCH3 is 1. The van der Waals surface area contributed by atoms with Crippen LogP contribution in [0.2, 0.25) is 0 Å². The van der Waals surface area contributed by atoms with Gasteiger partial charge in [-0.1, -0.05) is 45.1 Å². The first-order chi connectivity index (χ1) is 14.9. The molecular weight excluding hydrogens is 426 g/mol. The summed E-state index contributed by atoms with van der Waals surface area (Å²) in [6.07, 6.45) is 4.97. The quantitative estimate of drug-likeness (QED) is 0.658. The third-order valence-corrected chi connectivity index (χ3v) is 5.66. The first kappa shape index (κ1) is 23.5. The topological polar surface area (TPSA) is 88.1 Å². The average molecular weight is 456 g/mol. The molecule has 1 aliphatic heterocycles. The minimum atomic E-state index is -3.32. The molecule has 0 bridgehead atoms. The van der Waals surface area contributed by atoms with Crippen molar-refractivity contribution in [2.24, 2.45) is 4.99 Å². The Bertz CT molecular complexity index is 1190. The highest BCUT2D eigenvalue weighted by atomic mass is 32.2. The predicted octanol–water partition coefficient (Wildman–Crippen LogP) is 4.30. The molecule has 32 heavy (non-hydrogen) atoms. The van der Waals surface area contributed by atoms with Crippen LogP contribution in [-0.2, 0) is 20.2 Å². The number of sulfonamides is 1. The van der Waals surface area contributed by atoms with Crippen molar-refractivity contribution in [2.75, 3.05) is 29.5 Å². The summed E-state index contributed by atoms with van der Waals surface area (Å²) in [7, 11) is -1.68. The average Bonchev–Trinajstić information content (AvgIpc) is 3.03. The highest BCUT2D eigenvalue weighted by Crippen LogP contribution is 2.39. The third-order valence-electron chi connectivity index (χ3n) is 5.06. The molecule has 0 atom stereocenters. The molecule has 1 heterocycles. The molecular formula is C24H29N3O4S. The van der Waals surface area contributed by atoms with E-state index in [2.05, 4.69) is 30.5 Å². The predicted molar refractivity (Wildman–Crippen MR) is 131 cm³/mol. The standard InChI is InChI=1S/C24H29N3O4S/c1-16-25-15-22(28)27(16)20-13-18(23(31-5)21(14-20)24(2,3)4)10-7-17-8-11-19(12-9-17)26-32(6,29)30/h7-14,26H,15H2,1-6H3/b10-7+. The van der Waals surface area contributed by atoms with Gasteiger partial charge in [-0.25, -0.2) is 8.42 Å². The Morgan fingerprint density at radius 3 is 2.28 bits per heavy atom. The van der Waals surface area contributed by atoms with Crippen LogP contribution in [0, 0.1) is 0 Å². The summed E-state index contributed by atoms with van der Waals surface area (Å²) < 4.78 is 31.0. The van der Waals surface area contributed by atoms with Crippen molar-refractivity contribution in [3.05, 3.63) is 53.1 Å². The van der Waals surface area contributed by atoms with Gasteiger partial charge in [-0.05, 0) is 42.2 Å². The van der Waals surface area contributed by atoms with Crippen LogP contribution < -0.4 is 14.4 Å². The Morgan fingerprint density at radius 2 is 1.78 bits per heavy atom. The maximum absolute atomic E-state index is 12.4. The zero-order valence-electron chi connectivity index (χ0n) is 19.3. The van der Waals surface area contributed by atoms with Gasteiger partial charge in [0.1, 0.15) is 18.1 Å². The number of nitrogens with zero attached hydrogens (tertiary/aromatic N) is 2. The molecule has 0 saturated carbocycles. The van der Waals surface area contributed by atoms with Gasteiger partial charge in [0.15, 0.2) is 0 Å². The summed E-state index contributed by atoms with van der Waals surface area (Å²) >= 11 is 0. The SMILES string of the molecule is COc1c(/C=C/c2ccc(NS(C)(=O)=O)cc2)cc(N2C(=O)CN=C2C)cc1C(C)(C)C. The van der Waals surface area contributed by atoms with Crippen LogP contribution in [0.3, 0.4) is 0 Å². The van der Waals surface area contributed by atoms with Crippen molar-refractivity contribution in [3.63, 3.8) is 0 Å². The number of hydrogen-bond acceptors (Lipinski definition) is 5. The van der Waals surface area contributed by atoms with Gasteiger partial charge in [0.25, 0.3) is 5.91 Å². The number of amides is 1. The van der Waals surface area contributed by atoms with Crippen molar-refractivity contribution in [1.29, 1.82) is 0 Å². The molecule has 170 valence electrons. The van der Waals surface area contributed by atoms with E-state index in [9.17, 15) is 13.2 Å². The fraction of sp³-hybridized carbons (Fsp3) is 0.333. The molecule has 3 rings (SSSR count). The van der Waals surface area contributed by atoms with E-state index in [1.54, 1.807) is 24.1 Å². The zero-order valence-corrected chi connectivity index (χ0v) is 20.1. The molecule has 2 aromatic rings. The summed E-state index contributed by atoms with van der Waals surface area (Å²) in [6.45, 7) is 8.28. The number of anilines is 2. The molecule has 2 aromatic carbocycles. The summed E-state index contributed by atoms with van der Waals surface area (Å²) in [5.74, 6) is 1.36. The number of nitrogens with one attached hydrogen (secondary N) is 1. The minimum absolute atomic E-state index is 0.0589. The molecule has 1 aliphatic rings. The summed E-state index contributed by atoms with van der Waals surface area (Å²) in [6, 6.07) is 11.0. The number of carbonyl (C=O) groups excluding carboxylic acids is 1. The van der Waals surface area contributed by atoms with E-state index in [-0.39, 0.29) is 17.9 Å². The summed E-state index contributed by atoms with van der Waals surface area (Å²) in [5, 5.41) is 0. The van der Waals surface area contributed by atoms with Crippen LogP contribution in [0.25, 0.3) is 12.2 Å². The van der Waals surface area contributed by atoms with Crippen molar-refractivity contribution < 1.29 is 17.9 Å². The monoisotopic (exact) mass is 455 g/mol. The van der Waals surface area contributed by atoms with Crippen LogP contribution in [0.1, 0.15) is 44.4 Å². The van der Waals surface area contributed by atoms with Gasteiger partial charge < -0.3 is 4.74 Å². The molecule has 1 N–H and O–H groups in total. The van der Waals surface area contributed by atoms with Gasteiger partial charge in [-0.15, -0.1) is 0 Å². The first-order valence-corrected chi connectivity index (χ1v) is 12.1. The Morgan fingerprint density at radius 1 is 1.12 bits per heavy atom. The van der Waals surface area contributed by atoms with Gasteiger partial charge in [0, 0.05) is 16.8 Å². The van der Waals surface area contributed by atoms with E-state index in [4.69, 9.17) is 4.74 Å². The molecule has 0 radical (unpaired) electrons. The molecule has 0 aliphatic carbocycles. The van der Waals surface area contributed by atoms with Crippen LogP contribution in [0.5, 0.6) is 5.75 Å². The lowest BCUT2D eigenvalue weighted by Crippen LogP contribution is -2.31. The van der Waals surface area contributed by atoms with Crippen LogP contribution in [-0.4, -0.2) is 40.1 Å². The highest BCUT2D eigenvalue weighted by molar-refractivity contribution is 7.92. The molecule has 0 aromatic heterocycles. The normalized spacial score (nSPS) is 14.8. The van der Waals surface area contributed by atoms with Crippen molar-refractivity contribution in [2.45, 2.75) is 33.1 Å². The van der Waals surface area contributed by atoms with E-state index < -0.39 is 10.0 Å². The van der Waals surface area contributed by atoms with Gasteiger partial charge in [0.05, 0.1) is 19.1 Å². The summed E-state index contributed by atoms with van der Waals surface area (Å²) in [5.41, 5.74) is 3.76. The molecule has 1 amide bonds. The number of benzene rings is 2. The van der Waals surface area contributed by atoms with E-state index in [1.165, 1.54) is 0 Å². The van der Waals surface area contributed by atoms with Gasteiger partial charge in [0.2, 0.25) is 10.0 Å². The summed E-state index contributed by atoms with van der Waals surface area (Å²) in [4.78, 5) is 18.3. The van der Waals surface area contributed by atoms with Crippen molar-refractivity contribution in [3.8, 4) is 5.75 Å². The second-order valence-corrected chi connectivity index (χ2v) is 10.5. The number of hydrogen-bond donors (Lipinski definition) is 1. The Balaban J connectivity index is 2.03. The zero-order chi connectivity index (χ0) is 23.7.